The Labute approximate surface area is 132 Å². The number of ether oxygens (including phenoxy) is 1. The van der Waals surface area contributed by atoms with Crippen molar-refractivity contribution in [2.24, 2.45) is 0 Å². The van der Waals surface area contributed by atoms with E-state index in [0.29, 0.717) is 6.54 Å². The van der Waals surface area contributed by atoms with Gasteiger partial charge in [0.15, 0.2) is 0 Å². The summed E-state index contributed by atoms with van der Waals surface area (Å²) in [7, 11) is 1.65. The van der Waals surface area contributed by atoms with Gasteiger partial charge in [0.2, 0.25) is 0 Å². The number of halogens is 1. The first kappa shape index (κ1) is 15.6. The first-order chi connectivity index (χ1) is 10.1. The number of benzene rings is 1. The molecule has 4 nitrogen and oxygen atoms in total. The first-order valence-electron chi connectivity index (χ1n) is 6.91. The van der Waals surface area contributed by atoms with Crippen LogP contribution in [0.4, 0.5) is 5.69 Å². The van der Waals surface area contributed by atoms with Crippen molar-refractivity contribution in [2.75, 3.05) is 12.4 Å². The number of nitrogens with zero attached hydrogens (tertiary/aromatic N) is 1. The fourth-order valence-corrected chi connectivity index (χ4v) is 2.45. The molecular formula is C16H19BrN2O2. The highest BCUT2D eigenvalue weighted by atomic mass is 79.9. The number of pyridine rings is 1. The van der Waals surface area contributed by atoms with Crippen LogP contribution in [0.3, 0.4) is 0 Å². The Bertz CT molecular complexity index is 668. The van der Waals surface area contributed by atoms with Gasteiger partial charge in [0.1, 0.15) is 5.75 Å². The fraction of sp³-hybridized carbons (Fsp3) is 0.312. The van der Waals surface area contributed by atoms with E-state index in [9.17, 15) is 4.79 Å². The van der Waals surface area contributed by atoms with Crippen LogP contribution in [0.5, 0.6) is 5.75 Å². The summed E-state index contributed by atoms with van der Waals surface area (Å²) in [6.45, 7) is 3.44. The lowest BCUT2D eigenvalue weighted by atomic mass is 10.2. The summed E-state index contributed by atoms with van der Waals surface area (Å²) < 4.78 is 7.99. The lowest BCUT2D eigenvalue weighted by molar-refractivity contribution is 0.414. The van der Waals surface area contributed by atoms with Crippen LogP contribution in [0.1, 0.15) is 18.9 Å². The Morgan fingerprint density at radius 3 is 2.81 bits per heavy atom. The average molecular weight is 351 g/mol. The molecule has 1 heterocycles. The third kappa shape index (κ3) is 4.11. The zero-order chi connectivity index (χ0) is 15.2. The number of hydrogen-bond donors (Lipinski definition) is 1. The molecule has 0 aliphatic rings. The summed E-state index contributed by atoms with van der Waals surface area (Å²) in [6.07, 6.45) is 2.80. The molecule has 0 unspecified atom stereocenters. The van der Waals surface area contributed by atoms with Gasteiger partial charge in [0.25, 0.3) is 5.56 Å². The molecule has 0 saturated heterocycles. The maximum atomic E-state index is 11.7. The summed E-state index contributed by atoms with van der Waals surface area (Å²) in [5.41, 5.74) is 2.06. The summed E-state index contributed by atoms with van der Waals surface area (Å²) in [5, 5.41) is 3.33. The smallest absolute Gasteiger partial charge is 0.250 e. The van der Waals surface area contributed by atoms with E-state index in [0.717, 1.165) is 34.4 Å². The van der Waals surface area contributed by atoms with Gasteiger partial charge in [0.05, 0.1) is 12.8 Å². The van der Waals surface area contributed by atoms with Crippen LogP contribution < -0.4 is 15.6 Å². The quantitative estimate of drug-likeness (QED) is 0.864. The highest BCUT2D eigenvalue weighted by Crippen LogP contribution is 2.23. The Balaban J connectivity index is 2.13. The molecule has 0 aliphatic carbocycles. The largest absolute Gasteiger partial charge is 0.497 e. The number of nitrogens with one attached hydrogen (secondary N) is 1. The SMILES string of the molecule is CCCn1cc(NCc2cc(OC)ccc2Br)ccc1=O. The molecule has 0 aliphatic heterocycles. The van der Waals surface area contributed by atoms with E-state index in [-0.39, 0.29) is 5.56 Å². The standard InChI is InChI=1S/C16H19BrN2O2/c1-3-8-19-11-13(4-7-16(19)20)18-10-12-9-14(21-2)5-6-15(12)17/h4-7,9,11,18H,3,8,10H2,1-2H3. The topological polar surface area (TPSA) is 43.3 Å². The predicted molar refractivity (Wildman–Crippen MR) is 89.0 cm³/mol. The monoisotopic (exact) mass is 350 g/mol. The Hall–Kier alpha value is -1.75. The van der Waals surface area contributed by atoms with Gasteiger partial charge in [-0.25, -0.2) is 0 Å². The summed E-state index contributed by atoms with van der Waals surface area (Å²) >= 11 is 3.53. The molecular weight excluding hydrogens is 332 g/mol. The summed E-state index contributed by atoms with van der Waals surface area (Å²) in [5.74, 6) is 0.825. The van der Waals surface area contributed by atoms with Gasteiger partial charge >= 0.3 is 0 Å². The molecule has 21 heavy (non-hydrogen) atoms. The van der Waals surface area contributed by atoms with Crippen LogP contribution in [-0.4, -0.2) is 11.7 Å². The zero-order valence-corrected chi connectivity index (χ0v) is 13.8. The molecule has 0 amide bonds. The third-order valence-corrected chi connectivity index (χ3v) is 3.96. The van der Waals surface area contributed by atoms with Crippen molar-refractivity contribution in [3.8, 4) is 5.75 Å². The van der Waals surface area contributed by atoms with E-state index in [1.165, 1.54) is 0 Å². The lowest BCUT2D eigenvalue weighted by Crippen LogP contribution is -2.18. The van der Waals surface area contributed by atoms with Crippen molar-refractivity contribution >= 4 is 21.6 Å². The first-order valence-corrected chi connectivity index (χ1v) is 7.70. The van der Waals surface area contributed by atoms with Crippen molar-refractivity contribution in [3.63, 3.8) is 0 Å². The van der Waals surface area contributed by atoms with E-state index in [2.05, 4.69) is 28.2 Å². The van der Waals surface area contributed by atoms with Gasteiger partial charge in [-0.15, -0.1) is 0 Å². The van der Waals surface area contributed by atoms with Crippen LogP contribution >= 0.6 is 15.9 Å². The van der Waals surface area contributed by atoms with E-state index in [1.807, 2.05) is 30.5 Å². The van der Waals surface area contributed by atoms with Crippen molar-refractivity contribution in [1.29, 1.82) is 0 Å². The van der Waals surface area contributed by atoms with Gasteiger partial charge in [-0.1, -0.05) is 22.9 Å². The van der Waals surface area contributed by atoms with Gasteiger partial charge < -0.3 is 14.6 Å². The molecule has 112 valence electrons. The van der Waals surface area contributed by atoms with Crippen molar-refractivity contribution in [2.45, 2.75) is 26.4 Å². The number of methoxy groups -OCH3 is 1. The Kier molecular flexibility index (Phi) is 5.44. The lowest BCUT2D eigenvalue weighted by Gasteiger charge is -2.11. The molecule has 0 atom stereocenters. The van der Waals surface area contributed by atoms with Crippen molar-refractivity contribution < 1.29 is 4.74 Å². The second kappa shape index (κ2) is 7.31. The molecule has 0 fully saturated rings. The van der Waals surface area contributed by atoms with Crippen LogP contribution in [0.25, 0.3) is 0 Å². The molecule has 0 saturated carbocycles. The molecule has 2 rings (SSSR count). The second-order valence-electron chi connectivity index (χ2n) is 4.76. The van der Waals surface area contributed by atoms with E-state index in [4.69, 9.17) is 4.74 Å². The minimum Gasteiger partial charge on any atom is -0.497 e. The van der Waals surface area contributed by atoms with Crippen LogP contribution in [-0.2, 0) is 13.1 Å². The highest BCUT2D eigenvalue weighted by molar-refractivity contribution is 9.10. The molecule has 0 spiro atoms. The maximum absolute atomic E-state index is 11.7. The van der Waals surface area contributed by atoms with Gasteiger partial charge in [0, 0.05) is 29.8 Å². The van der Waals surface area contributed by atoms with Crippen LogP contribution in [0, 0.1) is 0 Å². The number of rotatable bonds is 6. The molecule has 0 radical (unpaired) electrons. The van der Waals surface area contributed by atoms with Gasteiger partial charge in [-0.05, 0) is 36.2 Å². The van der Waals surface area contributed by atoms with E-state index < -0.39 is 0 Å². The number of anilines is 1. The van der Waals surface area contributed by atoms with Crippen LogP contribution in [0.15, 0.2) is 45.8 Å². The Morgan fingerprint density at radius 2 is 2.10 bits per heavy atom. The summed E-state index contributed by atoms with van der Waals surface area (Å²) in [6, 6.07) is 9.27. The fourth-order valence-electron chi connectivity index (χ4n) is 2.06. The molecule has 1 N–H and O–H groups in total. The second-order valence-corrected chi connectivity index (χ2v) is 5.61. The molecule has 1 aromatic carbocycles. The maximum Gasteiger partial charge on any atom is 0.250 e. The normalized spacial score (nSPS) is 10.4. The Morgan fingerprint density at radius 1 is 1.29 bits per heavy atom. The van der Waals surface area contributed by atoms with E-state index >= 15 is 0 Å². The predicted octanol–water partition coefficient (Wildman–Crippen LogP) is 3.64. The minimum absolute atomic E-state index is 0.0324. The highest BCUT2D eigenvalue weighted by Gasteiger charge is 2.03. The van der Waals surface area contributed by atoms with Crippen molar-refractivity contribution in [3.05, 3.63) is 56.9 Å². The number of aryl methyl sites for hydroxylation is 1. The van der Waals surface area contributed by atoms with E-state index in [1.54, 1.807) is 17.7 Å². The number of aromatic nitrogens is 1. The molecule has 0 bridgehead atoms. The van der Waals surface area contributed by atoms with Gasteiger partial charge in [-0.3, -0.25) is 4.79 Å². The third-order valence-electron chi connectivity index (χ3n) is 3.18. The average Bonchev–Trinajstić information content (AvgIpc) is 2.49. The van der Waals surface area contributed by atoms with Gasteiger partial charge in [-0.2, -0.15) is 0 Å². The molecule has 2 aromatic rings. The summed E-state index contributed by atoms with van der Waals surface area (Å²) in [4.78, 5) is 11.7. The van der Waals surface area contributed by atoms with Crippen molar-refractivity contribution in [1.82, 2.24) is 4.57 Å². The van der Waals surface area contributed by atoms with Crippen LogP contribution in [0.2, 0.25) is 0 Å². The number of hydrogen-bond acceptors (Lipinski definition) is 3. The zero-order valence-electron chi connectivity index (χ0n) is 12.2. The molecule has 1 aromatic heterocycles. The minimum atomic E-state index is 0.0324. The molecule has 5 heteroatoms.